The summed E-state index contributed by atoms with van der Waals surface area (Å²) in [6.45, 7) is 3.17. The second kappa shape index (κ2) is 9.21. The van der Waals surface area contributed by atoms with Crippen LogP contribution in [0, 0.1) is 0 Å². The van der Waals surface area contributed by atoms with Crippen molar-refractivity contribution in [3.05, 3.63) is 47.5 Å². The van der Waals surface area contributed by atoms with E-state index in [-0.39, 0.29) is 18.7 Å². The third-order valence-corrected chi connectivity index (χ3v) is 5.52. The zero-order chi connectivity index (χ0) is 20.1. The summed E-state index contributed by atoms with van der Waals surface area (Å²) >= 11 is 0. The minimum absolute atomic E-state index is 0.0617. The molecule has 5 nitrogen and oxygen atoms in total. The van der Waals surface area contributed by atoms with E-state index >= 15 is 0 Å². The number of rotatable bonds is 9. The van der Waals surface area contributed by atoms with Crippen LogP contribution in [0.25, 0.3) is 0 Å². The average molecular weight is 396 g/mol. The number of fused-ring (bicyclic) bond motifs is 2. The van der Waals surface area contributed by atoms with Crippen molar-refractivity contribution in [2.45, 2.75) is 57.8 Å². The van der Waals surface area contributed by atoms with Crippen LogP contribution in [0.2, 0.25) is 0 Å². The van der Waals surface area contributed by atoms with Gasteiger partial charge in [0.15, 0.2) is 11.5 Å². The molecule has 1 atom stereocenters. The molecule has 2 heterocycles. The van der Waals surface area contributed by atoms with Gasteiger partial charge < -0.3 is 18.9 Å². The van der Waals surface area contributed by atoms with Crippen LogP contribution < -0.4 is 18.9 Å². The van der Waals surface area contributed by atoms with Crippen molar-refractivity contribution in [3.63, 3.8) is 0 Å². The quantitative estimate of drug-likeness (QED) is 0.314. The summed E-state index contributed by atoms with van der Waals surface area (Å²) < 4.78 is 22.2. The van der Waals surface area contributed by atoms with Gasteiger partial charge in [0.25, 0.3) is 0 Å². The Morgan fingerprint density at radius 3 is 2.45 bits per heavy atom. The third kappa shape index (κ3) is 4.66. The summed E-state index contributed by atoms with van der Waals surface area (Å²) in [5.41, 5.74) is 2.02. The summed E-state index contributed by atoms with van der Waals surface area (Å²) in [6, 6.07) is 11.7. The molecule has 29 heavy (non-hydrogen) atoms. The van der Waals surface area contributed by atoms with Gasteiger partial charge in [0.1, 0.15) is 11.5 Å². The molecular formula is C24H28O5. The van der Waals surface area contributed by atoms with Crippen molar-refractivity contribution in [2.24, 2.45) is 0 Å². The summed E-state index contributed by atoms with van der Waals surface area (Å²) in [7, 11) is 0. The second-order valence-electron chi connectivity index (χ2n) is 7.66. The molecule has 5 heteroatoms. The van der Waals surface area contributed by atoms with Crippen LogP contribution in [0.15, 0.2) is 36.4 Å². The predicted molar refractivity (Wildman–Crippen MR) is 110 cm³/mol. The van der Waals surface area contributed by atoms with Gasteiger partial charge in [-0.05, 0) is 30.2 Å². The van der Waals surface area contributed by atoms with E-state index in [9.17, 15) is 4.79 Å². The first-order chi connectivity index (χ1) is 14.2. The third-order valence-electron chi connectivity index (χ3n) is 5.52. The second-order valence-corrected chi connectivity index (χ2v) is 7.66. The van der Waals surface area contributed by atoms with Gasteiger partial charge >= 0.3 is 5.97 Å². The molecule has 2 aliphatic heterocycles. The van der Waals surface area contributed by atoms with E-state index in [4.69, 9.17) is 18.9 Å². The van der Waals surface area contributed by atoms with Crippen molar-refractivity contribution in [1.29, 1.82) is 0 Å². The van der Waals surface area contributed by atoms with E-state index in [0.29, 0.717) is 23.7 Å². The number of esters is 1. The van der Waals surface area contributed by atoms with E-state index in [0.717, 1.165) is 29.9 Å². The molecule has 0 fully saturated rings. The Labute approximate surface area is 171 Å². The molecule has 2 aromatic rings. The fraction of sp³-hybridized carbons (Fsp3) is 0.458. The van der Waals surface area contributed by atoms with Gasteiger partial charge in [0.2, 0.25) is 6.79 Å². The molecule has 0 radical (unpaired) electrons. The fourth-order valence-electron chi connectivity index (χ4n) is 3.91. The zero-order valence-electron chi connectivity index (χ0n) is 16.9. The van der Waals surface area contributed by atoms with E-state index in [1.165, 1.54) is 32.1 Å². The molecule has 0 unspecified atom stereocenters. The number of carbonyl (C=O) groups excluding carboxylic acids is 1. The Kier molecular flexibility index (Phi) is 6.23. The molecule has 4 rings (SSSR count). The Morgan fingerprint density at radius 1 is 0.931 bits per heavy atom. The number of ether oxygens (including phenoxy) is 4. The zero-order valence-corrected chi connectivity index (χ0v) is 16.9. The van der Waals surface area contributed by atoms with Crippen LogP contribution in [0.5, 0.6) is 23.0 Å². The van der Waals surface area contributed by atoms with Crippen molar-refractivity contribution < 1.29 is 23.7 Å². The van der Waals surface area contributed by atoms with Crippen LogP contribution in [-0.4, -0.2) is 19.4 Å². The standard InChI is InChI=1S/C24H28O5/c1-2-3-4-5-6-7-12-26-18-10-8-17(9-11-18)19-14-24(25)29-21-15-23-22(13-20(19)21)27-16-28-23/h8-11,13,15,19H,2-7,12,14,16H2,1H3/t19-/m1/s1. The molecule has 0 aliphatic carbocycles. The molecule has 2 aromatic carbocycles. The maximum atomic E-state index is 12.1. The average Bonchev–Trinajstić information content (AvgIpc) is 3.19. The molecular weight excluding hydrogens is 368 g/mol. The van der Waals surface area contributed by atoms with Gasteiger partial charge in [-0.1, -0.05) is 51.2 Å². The van der Waals surface area contributed by atoms with Crippen LogP contribution in [-0.2, 0) is 4.79 Å². The number of benzene rings is 2. The Morgan fingerprint density at radius 2 is 1.66 bits per heavy atom. The minimum atomic E-state index is -0.232. The fourth-order valence-corrected chi connectivity index (χ4v) is 3.91. The van der Waals surface area contributed by atoms with Gasteiger partial charge in [-0.3, -0.25) is 4.79 Å². The van der Waals surface area contributed by atoms with E-state index in [1.807, 2.05) is 30.3 Å². The molecule has 0 saturated carbocycles. The van der Waals surface area contributed by atoms with Crippen LogP contribution in [0.1, 0.15) is 68.9 Å². The maximum absolute atomic E-state index is 12.1. The monoisotopic (exact) mass is 396 g/mol. The van der Waals surface area contributed by atoms with Gasteiger partial charge in [-0.15, -0.1) is 0 Å². The lowest BCUT2D eigenvalue weighted by molar-refractivity contribution is -0.135. The van der Waals surface area contributed by atoms with Gasteiger partial charge in [0.05, 0.1) is 13.0 Å². The maximum Gasteiger partial charge on any atom is 0.312 e. The Bertz CT molecular complexity index is 843. The summed E-state index contributed by atoms with van der Waals surface area (Å²) in [5, 5.41) is 0. The van der Waals surface area contributed by atoms with Crippen LogP contribution in [0.4, 0.5) is 0 Å². The molecule has 154 valence electrons. The number of hydrogen-bond acceptors (Lipinski definition) is 5. The lowest BCUT2D eigenvalue weighted by Gasteiger charge is -2.25. The van der Waals surface area contributed by atoms with Gasteiger partial charge in [-0.25, -0.2) is 0 Å². The summed E-state index contributed by atoms with van der Waals surface area (Å²) in [6.07, 6.45) is 7.81. The first-order valence-electron chi connectivity index (χ1n) is 10.6. The number of hydrogen-bond donors (Lipinski definition) is 0. The molecule has 0 N–H and O–H groups in total. The number of unbranched alkanes of at least 4 members (excludes halogenated alkanes) is 5. The Hall–Kier alpha value is -2.69. The van der Waals surface area contributed by atoms with Crippen molar-refractivity contribution in [2.75, 3.05) is 13.4 Å². The van der Waals surface area contributed by atoms with E-state index < -0.39 is 0 Å². The molecule has 0 bridgehead atoms. The van der Waals surface area contributed by atoms with Crippen LogP contribution in [0.3, 0.4) is 0 Å². The first kappa shape index (κ1) is 19.6. The lowest BCUT2D eigenvalue weighted by Crippen LogP contribution is -2.20. The molecule has 0 aromatic heterocycles. The number of carbonyl (C=O) groups is 1. The van der Waals surface area contributed by atoms with E-state index in [1.54, 1.807) is 6.07 Å². The smallest absolute Gasteiger partial charge is 0.312 e. The molecule has 0 amide bonds. The summed E-state index contributed by atoms with van der Waals surface area (Å²) in [5.74, 6) is 2.45. The normalized spacial score (nSPS) is 17.0. The Balaban J connectivity index is 1.39. The van der Waals surface area contributed by atoms with Crippen molar-refractivity contribution in [1.82, 2.24) is 0 Å². The van der Waals surface area contributed by atoms with Gasteiger partial charge in [-0.2, -0.15) is 0 Å². The molecule has 0 spiro atoms. The largest absolute Gasteiger partial charge is 0.494 e. The summed E-state index contributed by atoms with van der Waals surface area (Å²) in [4.78, 5) is 12.1. The van der Waals surface area contributed by atoms with Crippen LogP contribution >= 0.6 is 0 Å². The van der Waals surface area contributed by atoms with Crippen molar-refractivity contribution in [3.8, 4) is 23.0 Å². The highest BCUT2D eigenvalue weighted by molar-refractivity contribution is 5.78. The minimum Gasteiger partial charge on any atom is -0.494 e. The topological polar surface area (TPSA) is 54.0 Å². The van der Waals surface area contributed by atoms with Crippen molar-refractivity contribution >= 4 is 5.97 Å². The molecule has 2 aliphatic rings. The molecule has 0 saturated heterocycles. The highest BCUT2D eigenvalue weighted by Gasteiger charge is 2.31. The first-order valence-corrected chi connectivity index (χ1v) is 10.6. The van der Waals surface area contributed by atoms with Gasteiger partial charge in [0, 0.05) is 17.5 Å². The predicted octanol–water partition coefficient (Wildman–Crippen LogP) is 5.60. The SMILES string of the molecule is CCCCCCCCOc1ccc([C@H]2CC(=O)Oc3cc4c(cc32)OCO4)cc1. The lowest BCUT2D eigenvalue weighted by atomic mass is 9.86. The van der Waals surface area contributed by atoms with E-state index in [2.05, 4.69) is 6.92 Å². The highest BCUT2D eigenvalue weighted by atomic mass is 16.7. The highest BCUT2D eigenvalue weighted by Crippen LogP contribution is 2.46.